The second kappa shape index (κ2) is 10.2. The molecule has 2 aromatic rings. The number of amides is 1. The Bertz CT molecular complexity index is 906. The van der Waals surface area contributed by atoms with E-state index in [2.05, 4.69) is 11.9 Å². The van der Waals surface area contributed by atoms with E-state index in [1.807, 2.05) is 13.0 Å². The predicted octanol–water partition coefficient (Wildman–Crippen LogP) is 3.54. The first kappa shape index (κ1) is 21.8. The fourth-order valence-corrected chi connectivity index (χ4v) is 2.79. The van der Waals surface area contributed by atoms with Gasteiger partial charge in [-0.1, -0.05) is 12.1 Å². The summed E-state index contributed by atoms with van der Waals surface area (Å²) in [4.78, 5) is 24.7. The predicted molar refractivity (Wildman–Crippen MR) is 110 cm³/mol. The number of rotatable bonds is 9. The van der Waals surface area contributed by atoms with Crippen molar-refractivity contribution < 1.29 is 28.5 Å². The third-order valence-electron chi connectivity index (χ3n) is 4.12. The Kier molecular flexibility index (Phi) is 7.65. The summed E-state index contributed by atoms with van der Waals surface area (Å²) in [5, 5.41) is 2.68. The first-order valence-corrected chi connectivity index (χ1v) is 8.90. The van der Waals surface area contributed by atoms with Crippen LogP contribution in [0, 0.1) is 6.92 Å². The molecule has 0 spiro atoms. The Morgan fingerprint density at radius 3 is 2.38 bits per heavy atom. The number of anilines is 1. The van der Waals surface area contributed by atoms with E-state index in [9.17, 15) is 9.59 Å². The van der Waals surface area contributed by atoms with Gasteiger partial charge in [0.15, 0.2) is 18.1 Å². The summed E-state index contributed by atoms with van der Waals surface area (Å²) in [6.07, 6.45) is 2.17. The van der Waals surface area contributed by atoms with Crippen LogP contribution in [0.4, 0.5) is 5.69 Å². The van der Waals surface area contributed by atoms with Crippen LogP contribution in [-0.2, 0) is 16.0 Å². The van der Waals surface area contributed by atoms with Crippen molar-refractivity contribution in [3.63, 3.8) is 0 Å². The van der Waals surface area contributed by atoms with Crippen molar-refractivity contribution in [3.05, 3.63) is 59.7 Å². The number of aryl methyl sites for hydroxylation is 1. The Balaban J connectivity index is 2.10. The molecular weight excluding hydrogens is 374 g/mol. The molecule has 1 amide bonds. The van der Waals surface area contributed by atoms with Gasteiger partial charge in [-0.25, -0.2) is 4.79 Å². The van der Waals surface area contributed by atoms with Gasteiger partial charge >= 0.3 is 5.97 Å². The van der Waals surface area contributed by atoms with Gasteiger partial charge in [0.2, 0.25) is 0 Å². The smallest absolute Gasteiger partial charge is 0.338 e. The molecule has 0 aliphatic carbocycles. The van der Waals surface area contributed by atoms with E-state index in [1.54, 1.807) is 24.3 Å². The minimum Gasteiger partial charge on any atom is -0.495 e. The van der Waals surface area contributed by atoms with E-state index in [-0.39, 0.29) is 5.56 Å². The van der Waals surface area contributed by atoms with Gasteiger partial charge in [-0.3, -0.25) is 4.79 Å². The van der Waals surface area contributed by atoms with Gasteiger partial charge in [-0.05, 0) is 43.2 Å². The van der Waals surface area contributed by atoms with Crippen LogP contribution in [-0.4, -0.2) is 39.8 Å². The molecule has 2 aromatic carbocycles. The summed E-state index contributed by atoms with van der Waals surface area (Å²) in [7, 11) is 4.51. The second-order valence-electron chi connectivity index (χ2n) is 6.19. The molecule has 0 saturated heterocycles. The van der Waals surface area contributed by atoms with E-state index in [0.717, 1.165) is 11.1 Å². The van der Waals surface area contributed by atoms with Gasteiger partial charge in [0.1, 0.15) is 5.75 Å². The summed E-state index contributed by atoms with van der Waals surface area (Å²) in [5.41, 5.74) is 2.44. The second-order valence-corrected chi connectivity index (χ2v) is 6.19. The molecule has 0 saturated carbocycles. The fraction of sp³-hybridized carbons (Fsp3) is 0.273. The zero-order chi connectivity index (χ0) is 21.4. The topological polar surface area (TPSA) is 83.1 Å². The number of esters is 1. The average molecular weight is 399 g/mol. The quantitative estimate of drug-likeness (QED) is 0.513. The van der Waals surface area contributed by atoms with Crippen molar-refractivity contribution >= 4 is 17.6 Å². The van der Waals surface area contributed by atoms with Crippen LogP contribution in [0.25, 0.3) is 0 Å². The summed E-state index contributed by atoms with van der Waals surface area (Å²) in [6, 6.07) is 8.53. The molecule has 0 bridgehead atoms. The molecule has 0 aliphatic rings. The third kappa shape index (κ3) is 5.51. The maximum absolute atomic E-state index is 12.5. The molecular formula is C22H25NO6. The molecule has 0 atom stereocenters. The van der Waals surface area contributed by atoms with Crippen molar-refractivity contribution in [2.75, 3.05) is 33.3 Å². The van der Waals surface area contributed by atoms with Crippen molar-refractivity contribution in [3.8, 4) is 17.2 Å². The van der Waals surface area contributed by atoms with E-state index in [0.29, 0.717) is 29.4 Å². The van der Waals surface area contributed by atoms with Crippen molar-refractivity contribution in [2.24, 2.45) is 0 Å². The third-order valence-corrected chi connectivity index (χ3v) is 4.12. The molecule has 0 fully saturated rings. The van der Waals surface area contributed by atoms with Gasteiger partial charge in [0.05, 0.1) is 32.6 Å². The largest absolute Gasteiger partial charge is 0.495 e. The van der Waals surface area contributed by atoms with Gasteiger partial charge < -0.3 is 24.3 Å². The van der Waals surface area contributed by atoms with Gasteiger partial charge in [0, 0.05) is 5.56 Å². The lowest BCUT2D eigenvalue weighted by Gasteiger charge is -2.14. The lowest BCUT2D eigenvalue weighted by Crippen LogP contribution is -2.21. The summed E-state index contributed by atoms with van der Waals surface area (Å²) < 4.78 is 21.0. The maximum Gasteiger partial charge on any atom is 0.338 e. The normalized spacial score (nSPS) is 10.1. The molecule has 0 radical (unpaired) electrons. The number of benzene rings is 2. The minimum atomic E-state index is -0.650. The summed E-state index contributed by atoms with van der Waals surface area (Å²) in [5.74, 6) is 0.307. The minimum absolute atomic E-state index is 0.250. The first-order valence-electron chi connectivity index (χ1n) is 8.90. The van der Waals surface area contributed by atoms with Crippen LogP contribution >= 0.6 is 0 Å². The van der Waals surface area contributed by atoms with E-state index in [4.69, 9.17) is 18.9 Å². The fourth-order valence-electron chi connectivity index (χ4n) is 2.79. The molecule has 2 rings (SSSR count). The van der Waals surface area contributed by atoms with Gasteiger partial charge in [-0.15, -0.1) is 6.58 Å². The monoisotopic (exact) mass is 399 g/mol. The Morgan fingerprint density at radius 1 is 1.03 bits per heavy atom. The number of hydrogen-bond donors (Lipinski definition) is 1. The summed E-state index contributed by atoms with van der Waals surface area (Å²) >= 11 is 0. The molecule has 0 unspecified atom stereocenters. The molecule has 0 aliphatic heterocycles. The Hall–Kier alpha value is -3.48. The number of hydrogen-bond acceptors (Lipinski definition) is 6. The maximum atomic E-state index is 12.5. The summed E-state index contributed by atoms with van der Waals surface area (Å²) in [6.45, 7) is 5.16. The number of carbonyl (C=O) groups excluding carboxylic acids is 2. The molecule has 7 nitrogen and oxygen atoms in total. The lowest BCUT2D eigenvalue weighted by atomic mass is 10.1. The van der Waals surface area contributed by atoms with E-state index in [1.165, 1.54) is 27.4 Å². The number of ether oxygens (including phenoxy) is 4. The van der Waals surface area contributed by atoms with Crippen molar-refractivity contribution in [1.29, 1.82) is 0 Å². The molecule has 29 heavy (non-hydrogen) atoms. The van der Waals surface area contributed by atoms with E-state index >= 15 is 0 Å². The highest BCUT2D eigenvalue weighted by molar-refractivity contribution is 5.96. The van der Waals surface area contributed by atoms with Gasteiger partial charge in [0.25, 0.3) is 5.91 Å². The number of nitrogens with one attached hydrogen (secondary N) is 1. The Labute approximate surface area is 170 Å². The van der Waals surface area contributed by atoms with Crippen LogP contribution in [0.5, 0.6) is 17.2 Å². The molecule has 0 aromatic heterocycles. The zero-order valence-corrected chi connectivity index (χ0v) is 17.0. The van der Waals surface area contributed by atoms with Crippen LogP contribution in [0.15, 0.2) is 43.0 Å². The first-order chi connectivity index (χ1) is 13.9. The standard InChI is InChI=1S/C22H25NO6/c1-6-7-15-11-16(12-19(27-4)21(15)28-5)22(25)29-13-20(24)23-17-10-14(2)8-9-18(17)26-3/h6,8-12H,1,7,13H2,2-5H3,(H,23,24). The van der Waals surface area contributed by atoms with Crippen molar-refractivity contribution in [1.82, 2.24) is 0 Å². The van der Waals surface area contributed by atoms with Crippen molar-refractivity contribution in [2.45, 2.75) is 13.3 Å². The van der Waals surface area contributed by atoms with Crippen LogP contribution in [0.3, 0.4) is 0 Å². The number of methoxy groups -OCH3 is 3. The van der Waals surface area contributed by atoms with Crippen LogP contribution in [0.1, 0.15) is 21.5 Å². The highest BCUT2D eigenvalue weighted by Gasteiger charge is 2.18. The Morgan fingerprint density at radius 2 is 1.76 bits per heavy atom. The SMILES string of the molecule is C=CCc1cc(C(=O)OCC(=O)Nc2cc(C)ccc2OC)cc(OC)c1OC. The molecule has 154 valence electrons. The molecule has 1 N–H and O–H groups in total. The van der Waals surface area contributed by atoms with Crippen LogP contribution < -0.4 is 19.5 Å². The van der Waals surface area contributed by atoms with Crippen LogP contribution in [0.2, 0.25) is 0 Å². The molecule has 0 heterocycles. The van der Waals surface area contributed by atoms with Gasteiger partial charge in [-0.2, -0.15) is 0 Å². The number of carbonyl (C=O) groups is 2. The average Bonchev–Trinajstić information content (AvgIpc) is 2.71. The lowest BCUT2D eigenvalue weighted by molar-refractivity contribution is -0.119. The number of allylic oxidation sites excluding steroid dienone is 1. The highest BCUT2D eigenvalue weighted by atomic mass is 16.5. The zero-order valence-electron chi connectivity index (χ0n) is 17.0. The van der Waals surface area contributed by atoms with E-state index < -0.39 is 18.5 Å². The molecule has 7 heteroatoms. The highest BCUT2D eigenvalue weighted by Crippen LogP contribution is 2.33.